The highest BCUT2D eigenvalue weighted by atomic mass is 16.7. The molecule has 18 atom stereocenters. The molecule has 4 saturated heterocycles. The van der Waals surface area contributed by atoms with Crippen LogP contribution in [0.15, 0.2) is 36.5 Å². The van der Waals surface area contributed by atoms with Gasteiger partial charge in [-0.3, -0.25) is 19.5 Å². The number of aliphatic hydroxyl groups excluding tert-OH is 3. The van der Waals surface area contributed by atoms with Crippen LogP contribution < -0.4 is 10.6 Å². The molecular weight excluding hydrogens is 851 g/mol. The molecule has 6 rings (SSSR count). The first-order valence-electron chi connectivity index (χ1n) is 24.0. The number of rotatable bonds is 15. The number of nitrogens with zero attached hydrogens (tertiary/aromatic N) is 3. The van der Waals surface area contributed by atoms with Crippen LogP contribution in [0.3, 0.4) is 0 Å². The molecule has 4 fully saturated rings. The van der Waals surface area contributed by atoms with Gasteiger partial charge in [-0.2, -0.15) is 0 Å². The van der Waals surface area contributed by atoms with Gasteiger partial charge in [-0.25, -0.2) is 0 Å². The molecule has 4 aliphatic heterocycles. The van der Waals surface area contributed by atoms with Crippen LogP contribution in [0.25, 0.3) is 10.9 Å². The minimum absolute atomic E-state index is 0.00364. The number of anilines is 1. The molecule has 0 aliphatic carbocycles. The van der Waals surface area contributed by atoms with Crippen LogP contribution in [0, 0.1) is 17.8 Å². The number of likely N-dealkylation sites (N-methyl/N-ethyl adjacent to an activating group) is 1. The zero-order valence-corrected chi connectivity index (χ0v) is 41.1. The molecule has 1 aromatic carbocycles. The number of aromatic nitrogens is 1. The second-order valence-electron chi connectivity index (χ2n) is 20.2. The molecule has 17 nitrogen and oxygen atoms in total. The summed E-state index contributed by atoms with van der Waals surface area (Å²) in [4.78, 5) is 37.2. The maximum absolute atomic E-state index is 14.4. The second kappa shape index (κ2) is 22.7. The largest absolute Gasteiger partial charge is 0.461 e. The highest BCUT2D eigenvalue weighted by Crippen LogP contribution is 2.41. The van der Waals surface area contributed by atoms with Crippen LogP contribution >= 0.6 is 0 Å². The molecule has 0 amide bonds. The number of carbonyl (C=O) groups excluding carboxylic acids is 2. The Morgan fingerprint density at radius 1 is 1.00 bits per heavy atom. The molecule has 0 saturated carbocycles. The van der Waals surface area contributed by atoms with Crippen LogP contribution in [0.1, 0.15) is 81.1 Å². The van der Waals surface area contributed by atoms with Gasteiger partial charge < -0.3 is 64.0 Å². The number of nitrogens with one attached hydrogen (secondary N) is 2. The van der Waals surface area contributed by atoms with Crippen molar-refractivity contribution in [3.63, 3.8) is 0 Å². The van der Waals surface area contributed by atoms with Crippen molar-refractivity contribution in [3.05, 3.63) is 36.5 Å². The minimum atomic E-state index is -1.35. The smallest absolute Gasteiger partial charge is 0.311 e. The number of carbonyl (C=O) groups is 2. The predicted molar refractivity (Wildman–Crippen MR) is 249 cm³/mol. The number of aliphatic hydroxyl groups is 3. The molecule has 66 heavy (non-hydrogen) atoms. The normalized spacial score (nSPS) is 40.0. The summed E-state index contributed by atoms with van der Waals surface area (Å²) in [5, 5.41) is 42.3. The Morgan fingerprint density at radius 3 is 2.48 bits per heavy atom. The van der Waals surface area contributed by atoms with E-state index in [4.69, 9.17) is 33.2 Å². The summed E-state index contributed by atoms with van der Waals surface area (Å²) in [5.41, 5.74) is -0.483. The Morgan fingerprint density at radius 2 is 1.76 bits per heavy atom. The topological polar surface area (TPSA) is 203 Å². The van der Waals surface area contributed by atoms with Crippen molar-refractivity contribution in [2.75, 3.05) is 65.9 Å². The van der Waals surface area contributed by atoms with Crippen molar-refractivity contribution in [1.29, 1.82) is 0 Å². The Bertz CT molecular complexity index is 1900. The first-order chi connectivity index (χ1) is 31.2. The van der Waals surface area contributed by atoms with Gasteiger partial charge in [-0.1, -0.05) is 19.9 Å². The van der Waals surface area contributed by atoms with E-state index in [0.29, 0.717) is 39.0 Å². The van der Waals surface area contributed by atoms with Crippen LogP contribution in [0.5, 0.6) is 0 Å². The van der Waals surface area contributed by atoms with Gasteiger partial charge in [0.1, 0.15) is 18.3 Å². The summed E-state index contributed by atoms with van der Waals surface area (Å²) in [6.07, 6.45) is -5.14. The zero-order valence-electron chi connectivity index (χ0n) is 41.1. The average Bonchev–Trinajstić information content (AvgIpc) is 3.76. The number of fused-ring (bicyclic) bond motifs is 3. The Balaban J connectivity index is 1.31. The lowest BCUT2D eigenvalue weighted by Crippen LogP contribution is -2.61. The fraction of sp³-hybridized carbons (Fsp3) is 0.776. The molecule has 17 heteroatoms. The van der Waals surface area contributed by atoms with Gasteiger partial charge in [0.15, 0.2) is 18.4 Å². The summed E-state index contributed by atoms with van der Waals surface area (Å²) < 4.78 is 45.6. The van der Waals surface area contributed by atoms with Crippen molar-refractivity contribution in [1.82, 2.24) is 20.1 Å². The van der Waals surface area contributed by atoms with Crippen molar-refractivity contribution in [3.8, 4) is 0 Å². The monoisotopic (exact) mass is 930 g/mol. The number of pyridine rings is 1. The lowest BCUT2D eigenvalue weighted by molar-refractivity contribution is -0.321. The average molecular weight is 930 g/mol. The van der Waals surface area contributed by atoms with E-state index in [1.165, 1.54) is 7.11 Å². The molecule has 5 N–H and O–H groups in total. The number of Topliss-reactive ketones (excluding diaryl/α,β-unsaturated/α-hetero) is 1. The first-order valence-corrected chi connectivity index (χ1v) is 24.0. The lowest BCUT2D eigenvalue weighted by atomic mass is 9.76. The van der Waals surface area contributed by atoms with E-state index in [0.717, 1.165) is 16.6 Å². The molecule has 1 aromatic heterocycles. The van der Waals surface area contributed by atoms with E-state index < -0.39 is 96.3 Å². The highest BCUT2D eigenvalue weighted by molar-refractivity contribution is 5.86. The molecule has 2 bridgehead atoms. The molecule has 4 aliphatic rings. The van der Waals surface area contributed by atoms with Gasteiger partial charge in [-0.15, -0.1) is 0 Å². The third-order valence-corrected chi connectivity index (χ3v) is 14.6. The third kappa shape index (κ3) is 12.5. The Hall–Kier alpha value is -2.91. The maximum atomic E-state index is 14.4. The van der Waals surface area contributed by atoms with E-state index >= 15 is 0 Å². The molecule has 0 spiro atoms. The lowest BCUT2D eigenvalue weighted by Gasteiger charge is -2.50. The van der Waals surface area contributed by atoms with Gasteiger partial charge >= 0.3 is 5.97 Å². The fourth-order valence-electron chi connectivity index (χ4n) is 10.5. The van der Waals surface area contributed by atoms with Crippen molar-refractivity contribution in [2.24, 2.45) is 17.8 Å². The van der Waals surface area contributed by atoms with Crippen LogP contribution in [-0.2, 0) is 42.7 Å². The van der Waals surface area contributed by atoms with E-state index in [1.807, 2.05) is 83.9 Å². The molecule has 5 heterocycles. The van der Waals surface area contributed by atoms with Gasteiger partial charge in [0.05, 0.1) is 65.8 Å². The molecule has 2 aromatic rings. The summed E-state index contributed by atoms with van der Waals surface area (Å²) in [7, 11) is 5.33. The predicted octanol–water partition coefficient (Wildman–Crippen LogP) is 3.36. The number of benzene rings is 1. The summed E-state index contributed by atoms with van der Waals surface area (Å²) in [5.74, 6) is -2.63. The van der Waals surface area contributed by atoms with Gasteiger partial charge in [0, 0.05) is 81.4 Å². The van der Waals surface area contributed by atoms with E-state index in [-0.39, 0.29) is 43.9 Å². The quantitative estimate of drug-likeness (QED) is 0.128. The molecule has 372 valence electrons. The summed E-state index contributed by atoms with van der Waals surface area (Å²) in [6.45, 7) is 17.0. The number of ether oxygens (including phenoxy) is 7. The maximum Gasteiger partial charge on any atom is 0.311 e. The van der Waals surface area contributed by atoms with Gasteiger partial charge in [-0.05, 0) is 99.2 Å². The summed E-state index contributed by atoms with van der Waals surface area (Å²) in [6, 6.07) is 9.17. The van der Waals surface area contributed by atoms with E-state index in [9.17, 15) is 24.9 Å². The minimum Gasteiger partial charge on any atom is -0.461 e. The SMILES string of the molecule is CO[C@]1(C)C[C@H](O[C@H]2[C@H](C)[C@@H](O[C@@H]3O[C@H](C)C[C@H](N(C)C)[C@H]3O)[C@@](C)(OCC(O)CNCCNc3ccc4ncccc4c3)C[C@@H](C)C(=O)[C@H](C)N3CC[C@H](C3)OC(=O)[C@@H]2C)O[C@@H](C)[C@@H]1O. The van der Waals surface area contributed by atoms with Crippen LogP contribution in [-0.4, -0.2) is 187 Å². The first kappa shape index (κ1) is 52.5. The molecule has 0 radical (unpaired) electrons. The van der Waals surface area contributed by atoms with Gasteiger partial charge in [0.25, 0.3) is 0 Å². The number of methoxy groups -OCH3 is 1. The number of esters is 1. The van der Waals surface area contributed by atoms with Crippen molar-refractivity contribution in [2.45, 2.75) is 166 Å². The number of hydrogen-bond donors (Lipinski definition) is 5. The van der Waals surface area contributed by atoms with E-state index in [1.54, 1.807) is 27.0 Å². The zero-order chi connectivity index (χ0) is 48.1. The fourth-order valence-corrected chi connectivity index (χ4v) is 10.5. The summed E-state index contributed by atoms with van der Waals surface area (Å²) >= 11 is 0. The molecule has 2 unspecified atom stereocenters. The number of hydrogen-bond acceptors (Lipinski definition) is 17. The van der Waals surface area contributed by atoms with Crippen molar-refractivity contribution >= 4 is 28.3 Å². The van der Waals surface area contributed by atoms with Crippen LogP contribution in [0.2, 0.25) is 0 Å². The van der Waals surface area contributed by atoms with Crippen molar-refractivity contribution < 1.29 is 58.1 Å². The van der Waals surface area contributed by atoms with E-state index in [2.05, 4.69) is 20.5 Å². The van der Waals surface area contributed by atoms with Gasteiger partial charge in [0.2, 0.25) is 0 Å². The van der Waals surface area contributed by atoms with Crippen LogP contribution in [0.4, 0.5) is 5.69 Å². The molecular formula is C49H79N5O12. The standard InChI is InChI=1S/C49H79N5O12/c1-28-23-49(8,61-27-36(55)25-50-18-19-51-35-14-15-38-34(22-35)13-12-17-52-38)45(66-47-42(57)39(53(9)10)21-29(2)62-47)30(3)43(65-40-24-48(7,60-11)44(58)33(6)63-40)31(4)46(59)64-37-16-20-54(26-37)32(5)41(28)56/h12-15,17,22,28-33,36-37,39-40,42-45,47,50-51,55,57-58H,16,18-21,23-27H2,1-11H3/t28-,29-,30+,31-,32+,33+,36?,37-,39+,40+,42-,43+,44+,45-,47+,48-,49+/m1/s1. The third-order valence-electron chi connectivity index (χ3n) is 14.6. The second-order valence-corrected chi connectivity index (χ2v) is 20.2. The Labute approximate surface area is 391 Å². The Kier molecular flexibility index (Phi) is 18.0. The number of ketones is 1. The highest BCUT2D eigenvalue weighted by Gasteiger charge is 2.53.